The zero-order valence-corrected chi connectivity index (χ0v) is 19.5. The van der Waals surface area contributed by atoms with Crippen molar-refractivity contribution in [3.05, 3.63) is 49.1 Å². The SMILES string of the molecule is N[C@H]1CCCN(c2ncc(Nc3ccc(-c4cc5c(N6CCOCC6)ncnc5[nH]4)cc3)cn2)C1. The van der Waals surface area contributed by atoms with Crippen LogP contribution in [0.2, 0.25) is 0 Å². The minimum atomic E-state index is 0.193. The third-order valence-electron chi connectivity index (χ3n) is 6.58. The van der Waals surface area contributed by atoms with Gasteiger partial charge in [0.05, 0.1) is 36.7 Å². The van der Waals surface area contributed by atoms with Gasteiger partial charge in [0, 0.05) is 43.6 Å². The number of hydrogen-bond acceptors (Lipinski definition) is 9. The lowest BCUT2D eigenvalue weighted by Crippen LogP contribution is -2.43. The van der Waals surface area contributed by atoms with E-state index in [0.717, 1.165) is 97.7 Å². The first-order chi connectivity index (χ1) is 17.2. The number of rotatable bonds is 5. The van der Waals surface area contributed by atoms with Crippen LogP contribution >= 0.6 is 0 Å². The maximum Gasteiger partial charge on any atom is 0.225 e. The summed E-state index contributed by atoms with van der Waals surface area (Å²) >= 11 is 0. The normalized spacial score (nSPS) is 18.7. The summed E-state index contributed by atoms with van der Waals surface area (Å²) < 4.78 is 5.49. The number of anilines is 4. The first-order valence-electron chi connectivity index (χ1n) is 12.1. The lowest BCUT2D eigenvalue weighted by Gasteiger charge is -2.30. The third kappa shape index (κ3) is 4.62. The molecule has 2 aliphatic heterocycles. The van der Waals surface area contributed by atoms with Crippen LogP contribution in [0.5, 0.6) is 0 Å². The van der Waals surface area contributed by atoms with Gasteiger partial charge in [-0.05, 0) is 36.6 Å². The number of nitrogens with one attached hydrogen (secondary N) is 2. The molecular weight excluding hydrogens is 442 g/mol. The van der Waals surface area contributed by atoms with Crippen LogP contribution in [0.3, 0.4) is 0 Å². The summed E-state index contributed by atoms with van der Waals surface area (Å²) in [7, 11) is 0. The molecule has 4 aromatic rings. The fourth-order valence-corrected chi connectivity index (χ4v) is 4.75. The van der Waals surface area contributed by atoms with Crippen LogP contribution in [0.4, 0.5) is 23.1 Å². The highest BCUT2D eigenvalue weighted by Gasteiger charge is 2.19. The van der Waals surface area contributed by atoms with Gasteiger partial charge in [-0.15, -0.1) is 0 Å². The highest BCUT2D eigenvalue weighted by Crippen LogP contribution is 2.30. The maximum atomic E-state index is 6.09. The van der Waals surface area contributed by atoms with E-state index in [1.165, 1.54) is 0 Å². The molecule has 0 bridgehead atoms. The van der Waals surface area contributed by atoms with Gasteiger partial charge in [-0.3, -0.25) is 0 Å². The molecule has 0 radical (unpaired) electrons. The van der Waals surface area contributed by atoms with Crippen molar-refractivity contribution in [2.45, 2.75) is 18.9 Å². The molecule has 0 aliphatic carbocycles. The van der Waals surface area contributed by atoms with Gasteiger partial charge in [0.25, 0.3) is 0 Å². The van der Waals surface area contributed by atoms with E-state index in [0.29, 0.717) is 0 Å². The number of ether oxygens (including phenoxy) is 1. The van der Waals surface area contributed by atoms with Crippen molar-refractivity contribution < 1.29 is 4.74 Å². The predicted octanol–water partition coefficient (Wildman–Crippen LogP) is 2.92. The Morgan fingerprint density at radius 2 is 1.74 bits per heavy atom. The molecule has 4 N–H and O–H groups in total. The van der Waals surface area contributed by atoms with Crippen LogP contribution in [-0.2, 0) is 4.74 Å². The van der Waals surface area contributed by atoms with Crippen molar-refractivity contribution in [3.63, 3.8) is 0 Å². The molecule has 180 valence electrons. The molecule has 1 aromatic carbocycles. The molecule has 10 nitrogen and oxygen atoms in total. The monoisotopic (exact) mass is 471 g/mol. The summed E-state index contributed by atoms with van der Waals surface area (Å²) in [6.07, 6.45) is 7.40. The topological polar surface area (TPSA) is 121 Å². The molecule has 5 heterocycles. The molecule has 2 saturated heterocycles. The van der Waals surface area contributed by atoms with Crippen molar-refractivity contribution in [1.29, 1.82) is 0 Å². The Morgan fingerprint density at radius 1 is 0.943 bits per heavy atom. The van der Waals surface area contributed by atoms with E-state index in [1.54, 1.807) is 6.33 Å². The number of aromatic amines is 1. The average Bonchev–Trinajstić information content (AvgIpc) is 3.35. The minimum Gasteiger partial charge on any atom is -0.378 e. The molecule has 0 saturated carbocycles. The summed E-state index contributed by atoms with van der Waals surface area (Å²) in [5.41, 5.74) is 10.8. The number of morpholine rings is 1. The van der Waals surface area contributed by atoms with Gasteiger partial charge < -0.3 is 30.6 Å². The average molecular weight is 472 g/mol. The highest BCUT2D eigenvalue weighted by atomic mass is 16.5. The Bertz CT molecular complexity index is 1280. The summed E-state index contributed by atoms with van der Waals surface area (Å²) in [5, 5.41) is 4.41. The van der Waals surface area contributed by atoms with E-state index in [2.05, 4.69) is 58.2 Å². The molecule has 10 heteroatoms. The van der Waals surface area contributed by atoms with Crippen molar-refractivity contribution >= 4 is 34.2 Å². The molecule has 2 fully saturated rings. The highest BCUT2D eigenvalue weighted by molar-refractivity contribution is 5.92. The molecule has 35 heavy (non-hydrogen) atoms. The minimum absolute atomic E-state index is 0.193. The molecule has 0 spiro atoms. The number of hydrogen-bond donors (Lipinski definition) is 3. The molecule has 6 rings (SSSR count). The Balaban J connectivity index is 1.16. The van der Waals surface area contributed by atoms with Crippen LogP contribution in [0.15, 0.2) is 49.1 Å². The molecule has 1 atom stereocenters. The fraction of sp³-hybridized carbons (Fsp3) is 0.360. The van der Waals surface area contributed by atoms with Crippen molar-refractivity contribution in [2.24, 2.45) is 5.73 Å². The fourth-order valence-electron chi connectivity index (χ4n) is 4.75. The Morgan fingerprint density at radius 3 is 2.51 bits per heavy atom. The largest absolute Gasteiger partial charge is 0.378 e. The van der Waals surface area contributed by atoms with Crippen LogP contribution in [-0.4, -0.2) is 70.4 Å². The number of aromatic nitrogens is 5. The second-order valence-electron chi connectivity index (χ2n) is 9.06. The molecule has 3 aromatic heterocycles. The standard InChI is InChI=1S/C25H29N9O/c26-18-2-1-7-34(15-18)25-27-13-20(14-28-25)31-19-5-3-17(4-6-19)22-12-21-23(32-22)29-16-30-24(21)33-8-10-35-11-9-33/h3-6,12-14,16,18,31H,1-2,7-11,15,26H2,(H,29,30,32)/t18-/m0/s1. The summed E-state index contributed by atoms with van der Waals surface area (Å²) in [6.45, 7) is 4.87. The third-order valence-corrected chi connectivity index (χ3v) is 6.58. The number of benzene rings is 1. The van der Waals surface area contributed by atoms with Crippen LogP contribution < -0.4 is 20.9 Å². The zero-order valence-electron chi connectivity index (χ0n) is 19.5. The first kappa shape index (κ1) is 21.8. The van der Waals surface area contributed by atoms with Gasteiger partial charge in [0.1, 0.15) is 17.8 Å². The van der Waals surface area contributed by atoms with Gasteiger partial charge in [-0.25, -0.2) is 19.9 Å². The second kappa shape index (κ2) is 9.47. The number of nitrogens with zero attached hydrogens (tertiary/aromatic N) is 6. The van der Waals surface area contributed by atoms with Gasteiger partial charge in [-0.1, -0.05) is 12.1 Å². The van der Waals surface area contributed by atoms with E-state index in [4.69, 9.17) is 10.5 Å². The van der Waals surface area contributed by atoms with Gasteiger partial charge in [0.2, 0.25) is 5.95 Å². The number of piperidine rings is 1. The van der Waals surface area contributed by atoms with Gasteiger partial charge in [-0.2, -0.15) is 0 Å². The molecule has 0 amide bonds. The second-order valence-corrected chi connectivity index (χ2v) is 9.06. The van der Waals surface area contributed by atoms with Crippen molar-refractivity contribution in [1.82, 2.24) is 24.9 Å². The number of fused-ring (bicyclic) bond motifs is 1. The summed E-state index contributed by atoms with van der Waals surface area (Å²) in [4.78, 5) is 25.9. The first-order valence-corrected chi connectivity index (χ1v) is 12.1. The van der Waals surface area contributed by atoms with E-state index in [9.17, 15) is 0 Å². The summed E-state index contributed by atoms with van der Waals surface area (Å²) in [5.74, 6) is 1.69. The Labute approximate surface area is 203 Å². The molecule has 0 unspecified atom stereocenters. The van der Waals surface area contributed by atoms with Crippen LogP contribution in [0, 0.1) is 0 Å². The summed E-state index contributed by atoms with van der Waals surface area (Å²) in [6, 6.07) is 10.6. The smallest absolute Gasteiger partial charge is 0.225 e. The van der Waals surface area contributed by atoms with Crippen LogP contribution in [0.25, 0.3) is 22.3 Å². The van der Waals surface area contributed by atoms with Crippen molar-refractivity contribution in [3.8, 4) is 11.3 Å². The predicted molar refractivity (Wildman–Crippen MR) is 137 cm³/mol. The Kier molecular flexibility index (Phi) is 5.89. The van der Waals surface area contributed by atoms with Crippen LogP contribution in [0.1, 0.15) is 12.8 Å². The van der Waals surface area contributed by atoms with E-state index >= 15 is 0 Å². The quantitative estimate of drug-likeness (QED) is 0.403. The Hall–Kier alpha value is -3.76. The lowest BCUT2D eigenvalue weighted by molar-refractivity contribution is 0.122. The van der Waals surface area contributed by atoms with Gasteiger partial charge in [0.15, 0.2) is 0 Å². The maximum absolute atomic E-state index is 6.09. The lowest BCUT2D eigenvalue weighted by atomic mass is 10.1. The molecule has 2 aliphatic rings. The van der Waals surface area contributed by atoms with Crippen molar-refractivity contribution in [2.75, 3.05) is 54.5 Å². The number of nitrogens with two attached hydrogens (primary N) is 1. The van der Waals surface area contributed by atoms with E-state index in [1.807, 2.05) is 24.5 Å². The van der Waals surface area contributed by atoms with E-state index in [-0.39, 0.29) is 6.04 Å². The number of H-pyrrole nitrogens is 1. The van der Waals surface area contributed by atoms with E-state index < -0.39 is 0 Å². The zero-order chi connectivity index (χ0) is 23.6. The van der Waals surface area contributed by atoms with Gasteiger partial charge >= 0.3 is 0 Å². The molecular formula is C25H29N9O.